The van der Waals surface area contributed by atoms with E-state index in [1.165, 1.54) is 17.7 Å². The van der Waals surface area contributed by atoms with Crippen LogP contribution in [0, 0.1) is 5.92 Å². The number of hydrogen-bond donors (Lipinski definition) is 1. The molecule has 0 bridgehead atoms. The second kappa shape index (κ2) is 7.52. The van der Waals surface area contributed by atoms with Gasteiger partial charge in [0.15, 0.2) is 0 Å². The molecule has 2 aliphatic rings. The van der Waals surface area contributed by atoms with Crippen molar-refractivity contribution in [1.29, 1.82) is 0 Å². The number of hydrogen-bond acceptors (Lipinski definition) is 5. The second-order valence-corrected chi connectivity index (χ2v) is 7.93. The third kappa shape index (κ3) is 3.84. The minimum Gasteiger partial charge on any atom is -0.355 e. The van der Waals surface area contributed by atoms with Crippen LogP contribution < -0.4 is 10.2 Å². The Morgan fingerprint density at radius 2 is 2.24 bits per heavy atom. The maximum Gasteiger partial charge on any atom is 0.225 e. The van der Waals surface area contributed by atoms with E-state index in [2.05, 4.69) is 32.7 Å². The van der Waals surface area contributed by atoms with E-state index in [-0.39, 0.29) is 11.8 Å². The second-order valence-electron chi connectivity index (χ2n) is 6.90. The molecule has 1 amide bonds. The van der Waals surface area contributed by atoms with E-state index in [4.69, 9.17) is 4.98 Å². The van der Waals surface area contributed by atoms with Gasteiger partial charge in [-0.25, -0.2) is 9.97 Å². The molecule has 0 aromatic carbocycles. The normalized spacial score (nSPS) is 19.7. The summed E-state index contributed by atoms with van der Waals surface area (Å²) in [6, 6.07) is 4.17. The number of aromatic nitrogens is 2. The number of carbonyl (C=O) groups is 1. The largest absolute Gasteiger partial charge is 0.355 e. The molecule has 1 fully saturated rings. The number of rotatable bonds is 5. The molecular weight excluding hydrogens is 332 g/mol. The Hall–Kier alpha value is -1.95. The van der Waals surface area contributed by atoms with E-state index in [1.54, 1.807) is 11.3 Å². The first-order valence-electron chi connectivity index (χ1n) is 9.19. The van der Waals surface area contributed by atoms with E-state index >= 15 is 0 Å². The van der Waals surface area contributed by atoms with Gasteiger partial charge in [-0.1, -0.05) is 6.07 Å². The Labute approximate surface area is 152 Å². The minimum absolute atomic E-state index is 0.0528. The van der Waals surface area contributed by atoms with Crippen molar-refractivity contribution in [3.05, 3.63) is 39.8 Å². The van der Waals surface area contributed by atoms with Crippen molar-refractivity contribution >= 4 is 23.2 Å². The van der Waals surface area contributed by atoms with Gasteiger partial charge in [0.05, 0.1) is 0 Å². The smallest absolute Gasteiger partial charge is 0.225 e. The molecule has 6 heteroatoms. The Morgan fingerprint density at radius 1 is 1.36 bits per heavy atom. The summed E-state index contributed by atoms with van der Waals surface area (Å²) in [6.45, 7) is 2.84. The van der Waals surface area contributed by atoms with Crippen LogP contribution in [0.15, 0.2) is 23.7 Å². The molecule has 2 aromatic rings. The number of carbonyl (C=O) groups excluding carboxylic acids is 1. The summed E-state index contributed by atoms with van der Waals surface area (Å²) in [6.07, 6.45) is 7.84. The molecule has 1 aliphatic heterocycles. The average molecular weight is 356 g/mol. The Morgan fingerprint density at radius 3 is 3.04 bits per heavy atom. The number of fused-ring (bicyclic) bond motifs is 1. The topological polar surface area (TPSA) is 58.1 Å². The zero-order valence-corrected chi connectivity index (χ0v) is 15.2. The highest BCUT2D eigenvalue weighted by Gasteiger charge is 2.26. The molecule has 0 unspecified atom stereocenters. The number of nitrogens with one attached hydrogen (secondary N) is 1. The number of nitrogens with zero attached hydrogens (tertiary/aromatic N) is 3. The van der Waals surface area contributed by atoms with E-state index in [0.29, 0.717) is 6.54 Å². The summed E-state index contributed by atoms with van der Waals surface area (Å²) < 4.78 is 0. The van der Waals surface area contributed by atoms with Gasteiger partial charge in [-0.3, -0.25) is 4.79 Å². The van der Waals surface area contributed by atoms with Gasteiger partial charge in [-0.05, 0) is 55.5 Å². The summed E-state index contributed by atoms with van der Waals surface area (Å²) in [4.78, 5) is 25.4. The van der Waals surface area contributed by atoms with Crippen LogP contribution >= 0.6 is 11.3 Å². The molecule has 1 saturated heterocycles. The Kier molecular flexibility index (Phi) is 4.97. The lowest BCUT2D eigenvalue weighted by Crippen LogP contribution is -2.35. The van der Waals surface area contributed by atoms with Crippen molar-refractivity contribution < 1.29 is 4.79 Å². The van der Waals surface area contributed by atoms with Crippen LogP contribution in [0.2, 0.25) is 0 Å². The van der Waals surface area contributed by atoms with Crippen LogP contribution in [0.5, 0.6) is 0 Å². The minimum atomic E-state index is 0.0528. The molecule has 2 aromatic heterocycles. The SMILES string of the molecule is O=C(NCCc1cccs1)[C@@H]1CCc2nc(N3CCCC3)ncc2C1. The highest BCUT2D eigenvalue weighted by Crippen LogP contribution is 2.26. The Bertz CT molecular complexity index is 725. The van der Waals surface area contributed by atoms with Crippen LogP contribution in [-0.2, 0) is 24.1 Å². The molecule has 1 aliphatic carbocycles. The lowest BCUT2D eigenvalue weighted by molar-refractivity contribution is -0.125. The molecule has 4 rings (SSSR count). The molecule has 1 N–H and O–H groups in total. The molecule has 0 saturated carbocycles. The summed E-state index contributed by atoms with van der Waals surface area (Å²) in [5.41, 5.74) is 2.28. The van der Waals surface area contributed by atoms with E-state index in [9.17, 15) is 4.79 Å². The van der Waals surface area contributed by atoms with Gasteiger partial charge >= 0.3 is 0 Å². The van der Waals surface area contributed by atoms with E-state index in [0.717, 1.165) is 56.0 Å². The fourth-order valence-corrected chi connectivity index (χ4v) is 4.41. The molecule has 1 atom stereocenters. The first-order chi connectivity index (χ1) is 12.3. The highest BCUT2D eigenvalue weighted by molar-refractivity contribution is 7.09. The van der Waals surface area contributed by atoms with Gasteiger partial charge < -0.3 is 10.2 Å². The molecular formula is C19H24N4OS. The maximum absolute atomic E-state index is 12.5. The number of aryl methyl sites for hydroxylation is 1. The summed E-state index contributed by atoms with van der Waals surface area (Å²) >= 11 is 1.74. The standard InChI is InChI=1S/C19H24N4OS/c24-18(20-8-7-16-4-3-11-25-16)14-5-6-17-15(12-14)13-21-19(22-17)23-9-1-2-10-23/h3-4,11,13-14H,1-2,5-10,12H2,(H,20,24)/t14-/m1/s1. The molecule has 5 nitrogen and oxygen atoms in total. The first kappa shape index (κ1) is 16.5. The molecule has 0 spiro atoms. The monoisotopic (exact) mass is 356 g/mol. The highest BCUT2D eigenvalue weighted by atomic mass is 32.1. The fourth-order valence-electron chi connectivity index (χ4n) is 3.70. The predicted octanol–water partition coefficient (Wildman–Crippen LogP) is 2.60. The summed E-state index contributed by atoms with van der Waals surface area (Å²) in [7, 11) is 0. The van der Waals surface area contributed by atoms with Crippen LogP contribution in [0.25, 0.3) is 0 Å². The number of anilines is 1. The molecule has 25 heavy (non-hydrogen) atoms. The lowest BCUT2D eigenvalue weighted by atomic mass is 9.86. The fraction of sp³-hybridized carbons (Fsp3) is 0.526. The predicted molar refractivity (Wildman–Crippen MR) is 100 cm³/mol. The van der Waals surface area contributed by atoms with E-state index < -0.39 is 0 Å². The molecule has 3 heterocycles. The molecule has 132 valence electrons. The summed E-state index contributed by atoms with van der Waals surface area (Å²) in [5.74, 6) is 1.10. The van der Waals surface area contributed by atoms with Gasteiger partial charge in [0.2, 0.25) is 11.9 Å². The zero-order valence-electron chi connectivity index (χ0n) is 14.4. The average Bonchev–Trinajstić information content (AvgIpc) is 3.34. The van der Waals surface area contributed by atoms with E-state index in [1.807, 2.05) is 6.20 Å². The first-order valence-corrected chi connectivity index (χ1v) is 10.1. The van der Waals surface area contributed by atoms with Crippen LogP contribution in [0.4, 0.5) is 5.95 Å². The number of thiophene rings is 1. The van der Waals surface area contributed by atoms with Crippen molar-refractivity contribution in [3.63, 3.8) is 0 Å². The summed E-state index contributed by atoms with van der Waals surface area (Å²) in [5, 5.41) is 5.17. The van der Waals surface area contributed by atoms with Gasteiger partial charge in [-0.15, -0.1) is 11.3 Å². The van der Waals surface area contributed by atoms with Crippen molar-refractivity contribution in [3.8, 4) is 0 Å². The van der Waals surface area contributed by atoms with Crippen molar-refractivity contribution in [2.24, 2.45) is 5.92 Å². The lowest BCUT2D eigenvalue weighted by Gasteiger charge is -2.24. The molecule has 0 radical (unpaired) electrons. The maximum atomic E-state index is 12.5. The van der Waals surface area contributed by atoms with Gasteiger partial charge in [0.25, 0.3) is 0 Å². The van der Waals surface area contributed by atoms with Crippen LogP contribution in [0.1, 0.15) is 35.4 Å². The van der Waals surface area contributed by atoms with Crippen molar-refractivity contribution in [2.45, 2.75) is 38.5 Å². The Balaban J connectivity index is 1.33. The third-order valence-electron chi connectivity index (χ3n) is 5.15. The van der Waals surface area contributed by atoms with Gasteiger partial charge in [-0.2, -0.15) is 0 Å². The van der Waals surface area contributed by atoms with Crippen LogP contribution in [0.3, 0.4) is 0 Å². The van der Waals surface area contributed by atoms with Crippen molar-refractivity contribution in [1.82, 2.24) is 15.3 Å². The van der Waals surface area contributed by atoms with Crippen LogP contribution in [-0.4, -0.2) is 35.5 Å². The quantitative estimate of drug-likeness (QED) is 0.895. The van der Waals surface area contributed by atoms with Gasteiger partial charge in [0.1, 0.15) is 0 Å². The number of amides is 1. The van der Waals surface area contributed by atoms with Crippen molar-refractivity contribution in [2.75, 3.05) is 24.5 Å². The zero-order chi connectivity index (χ0) is 17.1. The third-order valence-corrected chi connectivity index (χ3v) is 6.08. The van der Waals surface area contributed by atoms with Gasteiger partial charge in [0, 0.05) is 42.3 Å².